The Morgan fingerprint density at radius 2 is 1.50 bits per heavy atom. The Kier molecular flexibility index (Phi) is 12.2. The molecule has 0 spiro atoms. The van der Waals surface area contributed by atoms with Crippen LogP contribution < -0.4 is 5.32 Å². The lowest BCUT2D eigenvalue weighted by atomic mass is 10.0. The van der Waals surface area contributed by atoms with Crippen molar-refractivity contribution in [3.05, 3.63) is 101 Å². The quantitative estimate of drug-likeness (QED) is 0.300. The van der Waals surface area contributed by atoms with Gasteiger partial charge in [0.25, 0.3) is 0 Å². The van der Waals surface area contributed by atoms with Crippen molar-refractivity contribution in [2.45, 2.75) is 61.9 Å². The third kappa shape index (κ3) is 6.98. The Morgan fingerprint density at radius 1 is 0.941 bits per heavy atom. The Bertz CT molecular complexity index is 1160. The van der Waals surface area contributed by atoms with Crippen LogP contribution in [-0.2, 0) is 13.0 Å². The van der Waals surface area contributed by atoms with Crippen molar-refractivity contribution in [3.8, 4) is 11.1 Å². The molecule has 2 aromatic heterocycles. The highest BCUT2D eigenvalue weighted by Crippen LogP contribution is 2.23. The summed E-state index contributed by atoms with van der Waals surface area (Å²) in [6.45, 7) is 17.2. The Balaban J connectivity index is 0.00000110. The van der Waals surface area contributed by atoms with E-state index in [2.05, 4.69) is 74.3 Å². The summed E-state index contributed by atoms with van der Waals surface area (Å²) in [7, 11) is 0. The third-order valence-corrected chi connectivity index (χ3v) is 5.36. The van der Waals surface area contributed by atoms with Gasteiger partial charge in [-0.2, -0.15) is 0 Å². The second kappa shape index (κ2) is 14.3. The minimum absolute atomic E-state index is 0. The molecule has 0 unspecified atom stereocenters. The molecule has 0 fully saturated rings. The fourth-order valence-corrected chi connectivity index (χ4v) is 3.64. The third-order valence-electron chi connectivity index (χ3n) is 5.13. The van der Waals surface area contributed by atoms with Gasteiger partial charge in [0, 0.05) is 23.8 Å². The number of hydrogen-bond acceptors (Lipinski definition) is 2. The van der Waals surface area contributed by atoms with Gasteiger partial charge in [0.2, 0.25) is 0 Å². The predicted octanol–water partition coefficient (Wildman–Crippen LogP) is 8.97. The highest BCUT2D eigenvalue weighted by molar-refractivity contribution is 6.30. The predicted molar refractivity (Wildman–Crippen MR) is 151 cm³/mol. The minimum Gasteiger partial charge on any atom is -0.380 e. The summed E-state index contributed by atoms with van der Waals surface area (Å²) < 4.78 is 2.04. The minimum atomic E-state index is 0. The van der Waals surface area contributed by atoms with Gasteiger partial charge in [-0.05, 0) is 36.1 Å². The van der Waals surface area contributed by atoms with Crippen LogP contribution in [0.2, 0.25) is 5.02 Å². The molecular weight excluding hydrogens is 438 g/mol. The standard InChI is InChI=1S/C25H24ClN3.2C2H6.CH4/c1-4-23-25(29-14-13-22(26)15-24(29)28-23)18(3)27-16-19-7-11-21(12-8-19)20-9-5-17(2)6-10-20;2*1-2;/h5-15,27H,3-4,16H2,1-2H3;2*1-2H3;1H4. The zero-order chi connectivity index (χ0) is 24.4. The maximum absolute atomic E-state index is 6.12. The average Bonchev–Trinajstić information content (AvgIpc) is 3.23. The van der Waals surface area contributed by atoms with Crippen LogP contribution in [0, 0.1) is 6.92 Å². The number of nitrogens with zero attached hydrogens (tertiary/aromatic N) is 2. The highest BCUT2D eigenvalue weighted by Gasteiger charge is 2.14. The fourth-order valence-electron chi connectivity index (χ4n) is 3.49. The average molecular weight is 478 g/mol. The summed E-state index contributed by atoms with van der Waals surface area (Å²) in [5.74, 6) is 0. The summed E-state index contributed by atoms with van der Waals surface area (Å²) in [6, 6.07) is 21.0. The molecule has 0 saturated heterocycles. The molecule has 0 saturated carbocycles. The summed E-state index contributed by atoms with van der Waals surface area (Å²) >= 11 is 6.12. The number of nitrogens with one attached hydrogen (secondary N) is 1. The molecule has 0 aliphatic carbocycles. The van der Waals surface area contributed by atoms with Gasteiger partial charge >= 0.3 is 0 Å². The Morgan fingerprint density at radius 3 is 2.06 bits per heavy atom. The molecule has 0 amide bonds. The molecule has 3 nitrogen and oxygen atoms in total. The van der Waals surface area contributed by atoms with Gasteiger partial charge in [0.1, 0.15) is 5.65 Å². The number of rotatable bonds is 6. The molecule has 4 aromatic rings. The number of aromatic nitrogens is 2. The monoisotopic (exact) mass is 477 g/mol. The first kappa shape index (κ1) is 29.0. The van der Waals surface area contributed by atoms with Crippen molar-refractivity contribution in [1.29, 1.82) is 0 Å². The summed E-state index contributed by atoms with van der Waals surface area (Å²) in [4.78, 5) is 4.70. The lowest BCUT2D eigenvalue weighted by Crippen LogP contribution is -2.13. The first-order valence-electron chi connectivity index (χ1n) is 11.8. The van der Waals surface area contributed by atoms with Crippen molar-refractivity contribution in [1.82, 2.24) is 14.7 Å². The van der Waals surface area contributed by atoms with Crippen molar-refractivity contribution in [2.24, 2.45) is 0 Å². The van der Waals surface area contributed by atoms with E-state index in [4.69, 9.17) is 16.6 Å². The number of aryl methyl sites for hydroxylation is 2. The molecule has 2 heterocycles. The van der Waals surface area contributed by atoms with E-state index in [1.54, 1.807) is 0 Å². The number of benzene rings is 2. The summed E-state index contributed by atoms with van der Waals surface area (Å²) in [5, 5.41) is 4.15. The smallest absolute Gasteiger partial charge is 0.139 e. The van der Waals surface area contributed by atoms with Crippen LogP contribution in [0.15, 0.2) is 73.4 Å². The topological polar surface area (TPSA) is 29.3 Å². The van der Waals surface area contributed by atoms with E-state index in [1.807, 2.05) is 50.4 Å². The van der Waals surface area contributed by atoms with E-state index in [0.29, 0.717) is 11.6 Å². The van der Waals surface area contributed by atoms with Crippen molar-refractivity contribution >= 4 is 22.9 Å². The van der Waals surface area contributed by atoms with E-state index >= 15 is 0 Å². The second-order valence-electron chi connectivity index (χ2n) is 7.23. The van der Waals surface area contributed by atoms with Crippen LogP contribution in [0.3, 0.4) is 0 Å². The number of hydrogen-bond donors (Lipinski definition) is 1. The van der Waals surface area contributed by atoms with Crippen LogP contribution >= 0.6 is 11.6 Å². The van der Waals surface area contributed by atoms with Crippen LogP contribution in [0.25, 0.3) is 22.5 Å². The van der Waals surface area contributed by atoms with E-state index in [-0.39, 0.29) is 7.43 Å². The zero-order valence-electron chi connectivity index (χ0n) is 20.7. The van der Waals surface area contributed by atoms with Gasteiger partial charge < -0.3 is 5.32 Å². The van der Waals surface area contributed by atoms with Gasteiger partial charge in [-0.3, -0.25) is 4.40 Å². The number of imidazole rings is 1. The van der Waals surface area contributed by atoms with Crippen LogP contribution in [0.4, 0.5) is 0 Å². The first-order chi connectivity index (χ1) is 16.0. The second-order valence-corrected chi connectivity index (χ2v) is 7.67. The van der Waals surface area contributed by atoms with Crippen LogP contribution in [-0.4, -0.2) is 9.38 Å². The zero-order valence-corrected chi connectivity index (χ0v) is 21.5. The van der Waals surface area contributed by atoms with E-state index < -0.39 is 0 Å². The van der Waals surface area contributed by atoms with Gasteiger partial charge in [0.15, 0.2) is 0 Å². The van der Waals surface area contributed by atoms with Crippen molar-refractivity contribution in [2.75, 3.05) is 0 Å². The number of pyridine rings is 1. The largest absolute Gasteiger partial charge is 0.380 e. The molecule has 182 valence electrons. The molecule has 0 radical (unpaired) electrons. The molecule has 34 heavy (non-hydrogen) atoms. The van der Waals surface area contributed by atoms with Crippen LogP contribution in [0.5, 0.6) is 0 Å². The van der Waals surface area contributed by atoms with Crippen LogP contribution in [0.1, 0.15) is 64.6 Å². The molecular formula is C30H40ClN3. The Hall–Kier alpha value is -3.04. The lowest BCUT2D eigenvalue weighted by Gasteiger charge is -2.12. The molecule has 4 rings (SSSR count). The molecule has 1 N–H and O–H groups in total. The van der Waals surface area contributed by atoms with Gasteiger partial charge in [-0.25, -0.2) is 4.98 Å². The molecule has 0 aliphatic rings. The normalized spacial score (nSPS) is 9.74. The maximum atomic E-state index is 6.12. The first-order valence-corrected chi connectivity index (χ1v) is 12.2. The van der Waals surface area contributed by atoms with Gasteiger partial charge in [-0.1, -0.05) is 114 Å². The van der Waals surface area contributed by atoms with Crippen molar-refractivity contribution in [3.63, 3.8) is 0 Å². The van der Waals surface area contributed by atoms with Crippen molar-refractivity contribution < 1.29 is 0 Å². The molecule has 0 aliphatic heterocycles. The molecule has 2 aromatic carbocycles. The number of fused-ring (bicyclic) bond motifs is 1. The SMILES string of the molecule is C.C=C(NCc1ccc(-c2ccc(C)cc2)cc1)c1c(CC)nc2cc(Cl)ccn12.CC.CC. The fraction of sp³-hybridized carbons (Fsp3) is 0.300. The number of halogens is 1. The van der Waals surface area contributed by atoms with E-state index in [1.165, 1.54) is 22.3 Å². The van der Waals surface area contributed by atoms with Gasteiger partial charge in [-0.15, -0.1) is 0 Å². The van der Waals surface area contributed by atoms with Gasteiger partial charge in [0.05, 0.1) is 17.1 Å². The molecule has 0 bridgehead atoms. The maximum Gasteiger partial charge on any atom is 0.139 e. The molecule has 4 heteroatoms. The van der Waals surface area contributed by atoms with E-state index in [9.17, 15) is 0 Å². The van der Waals surface area contributed by atoms with E-state index in [0.717, 1.165) is 29.2 Å². The summed E-state index contributed by atoms with van der Waals surface area (Å²) in [6.07, 6.45) is 2.78. The molecule has 0 atom stereocenters. The summed E-state index contributed by atoms with van der Waals surface area (Å²) in [5.41, 5.74) is 8.66. The highest BCUT2D eigenvalue weighted by atomic mass is 35.5. The lowest BCUT2D eigenvalue weighted by molar-refractivity contribution is 0.876. The Labute approximate surface area is 211 Å².